The molecule has 2 heterocycles. The van der Waals surface area contributed by atoms with Gasteiger partial charge in [0.15, 0.2) is 0 Å². The molecule has 0 radical (unpaired) electrons. The molecule has 5 rings (SSSR count). The molecule has 1 aliphatic heterocycles. The number of hydrogen-bond donors (Lipinski definition) is 0. The van der Waals surface area contributed by atoms with Gasteiger partial charge in [0.1, 0.15) is 20.2 Å². The van der Waals surface area contributed by atoms with Crippen molar-refractivity contribution < 1.29 is 127 Å². The van der Waals surface area contributed by atoms with Crippen LogP contribution in [0, 0.1) is 0 Å². The van der Waals surface area contributed by atoms with Crippen LogP contribution < -0.4 is 92.9 Å². The van der Waals surface area contributed by atoms with Gasteiger partial charge in [-0.25, -0.2) is 26.8 Å². The predicted molar refractivity (Wildman–Crippen MR) is 147 cm³/mol. The molecule has 2 atom stereocenters. The third-order valence-electron chi connectivity index (χ3n) is 6.30. The Balaban J connectivity index is 0.00000235. The second kappa shape index (κ2) is 15.3. The van der Waals surface area contributed by atoms with Gasteiger partial charge in [0.2, 0.25) is 15.6 Å². The third-order valence-corrected chi connectivity index (χ3v) is 10.1. The van der Waals surface area contributed by atoms with Gasteiger partial charge in [0.25, 0.3) is 0 Å². The van der Waals surface area contributed by atoms with E-state index in [4.69, 9.17) is 4.18 Å². The third kappa shape index (κ3) is 7.39. The smallest absolute Gasteiger partial charge is 0.746 e. The van der Waals surface area contributed by atoms with E-state index in [1.807, 2.05) is 0 Å². The van der Waals surface area contributed by atoms with Crippen LogP contribution in [0.15, 0.2) is 125 Å². The zero-order valence-electron chi connectivity index (χ0n) is 24.1. The molecule has 45 heavy (non-hydrogen) atoms. The molecule has 0 N–H and O–H groups in total. The number of nitrogens with zero attached hydrogens (tertiary/aromatic N) is 4. The summed E-state index contributed by atoms with van der Waals surface area (Å²) in [5.74, 6) is -0.485. The Morgan fingerprint density at radius 3 is 1.56 bits per heavy atom. The van der Waals surface area contributed by atoms with Crippen LogP contribution in [0.2, 0.25) is 0 Å². The van der Waals surface area contributed by atoms with Crippen LogP contribution in [0.4, 0.5) is 0 Å². The molecule has 3 aromatic carbocycles. The topological polar surface area (TPSA) is 208 Å². The molecule has 13 nitrogen and oxygen atoms in total. The Morgan fingerprint density at radius 1 is 0.600 bits per heavy atom. The van der Waals surface area contributed by atoms with Gasteiger partial charge in [0.05, 0.1) is 0 Å². The summed E-state index contributed by atoms with van der Waals surface area (Å²) in [6.45, 7) is 0. The van der Waals surface area contributed by atoms with E-state index in [0.29, 0.717) is 11.1 Å². The Bertz CT molecular complexity index is 2040. The number of pyridine rings is 1. The molecule has 0 fully saturated rings. The van der Waals surface area contributed by atoms with Crippen molar-refractivity contribution in [3.05, 3.63) is 120 Å². The minimum absolute atomic E-state index is 0. The zero-order chi connectivity index (χ0) is 30.2. The Labute approximate surface area is 326 Å². The van der Waals surface area contributed by atoms with Crippen LogP contribution in [0.5, 0.6) is 5.88 Å². The SMILES string of the molecule is O=S(=O)(Oc1cc(-c2ccccc2)ccn1)C1=NC(c2ccccc2)(S(=O)(=O)[O-])C(c2ccccc2)(S(=O)(=O)[O-])N=N1.[Na+].[Na+].[Na+]. The van der Waals surface area contributed by atoms with E-state index in [1.54, 1.807) is 36.4 Å². The quantitative estimate of drug-likeness (QED) is 0.102. The van der Waals surface area contributed by atoms with Crippen molar-refractivity contribution in [3.8, 4) is 17.0 Å². The summed E-state index contributed by atoms with van der Waals surface area (Å²) in [5, 5.41) is 5.37. The summed E-state index contributed by atoms with van der Waals surface area (Å²) >= 11 is 0. The molecule has 216 valence electrons. The van der Waals surface area contributed by atoms with Crippen LogP contribution in [-0.2, 0) is 40.1 Å². The number of benzene rings is 3. The first-order valence-electron chi connectivity index (χ1n) is 11.8. The Kier molecular flexibility index (Phi) is 13.5. The van der Waals surface area contributed by atoms with Gasteiger partial charge in [-0.3, -0.25) is 0 Å². The van der Waals surface area contributed by atoms with E-state index in [1.165, 1.54) is 48.7 Å². The van der Waals surface area contributed by atoms with Crippen LogP contribution >= 0.6 is 0 Å². The summed E-state index contributed by atoms with van der Waals surface area (Å²) in [7, 11) is -17.3. The van der Waals surface area contributed by atoms with Crippen molar-refractivity contribution >= 4 is 35.5 Å². The van der Waals surface area contributed by atoms with Gasteiger partial charge >= 0.3 is 104 Å². The minimum Gasteiger partial charge on any atom is -0.746 e. The second-order valence-corrected chi connectivity index (χ2v) is 13.2. The van der Waals surface area contributed by atoms with Crippen molar-refractivity contribution in [2.24, 2.45) is 15.2 Å². The summed E-state index contributed by atoms with van der Waals surface area (Å²) in [6.07, 6.45) is 1.25. The van der Waals surface area contributed by atoms with Crippen LogP contribution in [-0.4, -0.2) is 44.5 Å². The van der Waals surface area contributed by atoms with E-state index in [2.05, 4.69) is 20.2 Å². The first-order valence-corrected chi connectivity index (χ1v) is 16.0. The van der Waals surface area contributed by atoms with Crippen molar-refractivity contribution in [2.75, 3.05) is 0 Å². The molecule has 0 saturated carbocycles. The summed E-state index contributed by atoms with van der Waals surface area (Å²) < 4.78 is 110. The molecular formula is C26H18N4Na3O9S3+. The minimum atomic E-state index is -6.09. The van der Waals surface area contributed by atoms with Gasteiger partial charge in [-0.15, -0.1) is 5.11 Å². The van der Waals surface area contributed by atoms with Gasteiger partial charge in [-0.1, -0.05) is 91.0 Å². The molecule has 0 aliphatic carbocycles. The van der Waals surface area contributed by atoms with E-state index in [0.717, 1.165) is 24.3 Å². The molecule has 2 unspecified atom stereocenters. The summed E-state index contributed by atoms with van der Waals surface area (Å²) in [4.78, 5) is 0.238. The second-order valence-electron chi connectivity index (χ2n) is 8.81. The van der Waals surface area contributed by atoms with E-state index in [9.17, 15) is 34.4 Å². The molecule has 0 saturated heterocycles. The standard InChI is InChI=1S/C26H20N4O9S3.3Na/c31-40(32,39-23-18-20(16-17-27-23)19-10-4-1-5-11-19)24-28-25(41(33,34)35,21-12-6-2-7-13-21)26(30-29-24,42(36,37)38)22-14-8-3-9-15-22;;;/h1-18H,(H,33,34,35)(H,36,37,38);;;/q;3*+1/p-2. The Morgan fingerprint density at radius 2 is 1.07 bits per heavy atom. The molecule has 0 spiro atoms. The molecular weight excluding hydrogens is 677 g/mol. The first-order chi connectivity index (χ1) is 19.8. The van der Waals surface area contributed by atoms with Gasteiger partial charge in [-0.05, 0) is 28.3 Å². The summed E-state index contributed by atoms with van der Waals surface area (Å²) in [6, 6.07) is 23.5. The fraction of sp³-hybridized carbons (Fsp3) is 0.0769. The molecule has 4 aromatic rings. The number of aliphatic imine (C=N–C) groups is 1. The number of aromatic nitrogens is 1. The Hall–Kier alpha value is -1.35. The maximum atomic E-state index is 13.4. The maximum Gasteiger partial charge on any atom is 1.00 e. The van der Waals surface area contributed by atoms with E-state index in [-0.39, 0.29) is 88.7 Å². The van der Waals surface area contributed by atoms with Crippen molar-refractivity contribution in [2.45, 2.75) is 9.74 Å². The number of rotatable bonds is 7. The average Bonchev–Trinajstić information content (AvgIpc) is 2.97. The fourth-order valence-corrected chi connectivity index (χ4v) is 8.15. The molecule has 0 amide bonds. The van der Waals surface area contributed by atoms with Crippen LogP contribution in [0.1, 0.15) is 11.1 Å². The number of hydrogen-bond acceptors (Lipinski definition) is 13. The van der Waals surface area contributed by atoms with Crippen LogP contribution in [0.3, 0.4) is 0 Å². The largest absolute Gasteiger partial charge is 1.00 e. The predicted octanol–water partition coefficient (Wildman–Crippen LogP) is -5.91. The zero-order valence-corrected chi connectivity index (χ0v) is 32.5. The molecule has 19 heteroatoms. The normalized spacial score (nSPS) is 19.6. The molecule has 1 aliphatic rings. The monoisotopic (exact) mass is 695 g/mol. The number of azo groups is 1. The van der Waals surface area contributed by atoms with Crippen molar-refractivity contribution in [3.63, 3.8) is 0 Å². The number of amidine groups is 1. The maximum absolute atomic E-state index is 13.4. The van der Waals surface area contributed by atoms with E-state index >= 15 is 0 Å². The van der Waals surface area contributed by atoms with Gasteiger partial charge < -0.3 is 13.3 Å². The molecule has 1 aromatic heterocycles. The van der Waals surface area contributed by atoms with Gasteiger partial charge in [0, 0.05) is 12.3 Å². The summed E-state index contributed by atoms with van der Waals surface area (Å²) in [5.41, 5.74) is -0.0563. The van der Waals surface area contributed by atoms with E-state index < -0.39 is 62.3 Å². The van der Waals surface area contributed by atoms with Gasteiger partial charge in [-0.2, -0.15) is 13.5 Å². The first kappa shape index (κ1) is 39.8. The average molecular weight is 696 g/mol. The van der Waals surface area contributed by atoms with Crippen molar-refractivity contribution in [1.82, 2.24) is 4.98 Å². The van der Waals surface area contributed by atoms with Crippen molar-refractivity contribution in [1.29, 1.82) is 0 Å². The molecule has 0 bridgehead atoms. The van der Waals surface area contributed by atoms with Crippen LogP contribution in [0.25, 0.3) is 11.1 Å². The fourth-order valence-electron chi connectivity index (χ4n) is 4.51.